The molecule has 4 aromatic rings. The highest BCUT2D eigenvalue weighted by molar-refractivity contribution is 6.07. The summed E-state index contributed by atoms with van der Waals surface area (Å²) < 4.78 is 9.01. The van der Waals surface area contributed by atoms with Crippen LogP contribution >= 0.6 is 0 Å². The van der Waals surface area contributed by atoms with Crippen molar-refractivity contribution in [1.29, 1.82) is 0 Å². The molecule has 0 bridgehead atoms. The molecular formula is C29H30NO+. The predicted molar refractivity (Wildman–Crippen MR) is 128 cm³/mol. The number of nitrogens with zero attached hydrogens (tertiary/aromatic N) is 1. The van der Waals surface area contributed by atoms with Crippen LogP contribution in [-0.2, 0) is 7.05 Å². The summed E-state index contributed by atoms with van der Waals surface area (Å²) in [5.41, 5.74) is 7.94. The molecule has 1 aliphatic heterocycles. The highest BCUT2D eigenvalue weighted by atomic mass is 16.5. The normalized spacial score (nSPS) is 15.9. The van der Waals surface area contributed by atoms with E-state index in [1.54, 1.807) is 0 Å². The maximum atomic E-state index is 6.74. The number of aromatic nitrogens is 1. The Morgan fingerprint density at radius 1 is 0.903 bits per heavy atom. The van der Waals surface area contributed by atoms with Gasteiger partial charge in [0.05, 0.1) is 5.56 Å². The first kappa shape index (κ1) is 18.9. The minimum Gasteiger partial charge on any atom is -0.449 e. The van der Waals surface area contributed by atoms with Crippen LogP contribution in [0.2, 0.25) is 0 Å². The second kappa shape index (κ2) is 6.82. The summed E-state index contributed by atoms with van der Waals surface area (Å²) in [6.07, 6.45) is 9.00. The molecule has 2 aliphatic rings. The molecule has 2 heteroatoms. The molecule has 0 amide bonds. The Balaban J connectivity index is 1.68. The summed E-state index contributed by atoms with van der Waals surface area (Å²) in [6.45, 7) is 6.64. The van der Waals surface area contributed by atoms with E-state index < -0.39 is 0 Å². The van der Waals surface area contributed by atoms with Gasteiger partial charge in [-0.3, -0.25) is 0 Å². The Kier molecular flexibility index (Phi) is 4.15. The molecule has 156 valence electrons. The number of benzene rings is 3. The first-order chi connectivity index (χ1) is 15.0. The van der Waals surface area contributed by atoms with E-state index in [9.17, 15) is 0 Å². The van der Waals surface area contributed by atoms with E-state index in [1.807, 2.05) is 0 Å². The zero-order valence-corrected chi connectivity index (χ0v) is 19.0. The summed E-state index contributed by atoms with van der Waals surface area (Å²) in [5.74, 6) is 2.70. The minimum absolute atomic E-state index is 0.688. The molecule has 0 unspecified atom stereocenters. The Morgan fingerprint density at radius 2 is 1.71 bits per heavy atom. The van der Waals surface area contributed by atoms with E-state index in [0.29, 0.717) is 5.92 Å². The van der Waals surface area contributed by atoms with Gasteiger partial charge in [0.2, 0.25) is 5.75 Å². The standard InChI is InChI=1S/C29H30NO/c1-17-12-23-14-18(2)19(3)26-27(23)25(13-17)31-29-24-15-21(20-8-6-5-7-9-20)10-11-22(24)16-30(4)28(26)29/h10-16,20H,5-9H2,1-4H3/q+1. The molecule has 31 heavy (non-hydrogen) atoms. The van der Waals surface area contributed by atoms with Crippen molar-refractivity contribution in [2.24, 2.45) is 7.05 Å². The number of hydrogen-bond donors (Lipinski definition) is 0. The molecule has 2 heterocycles. The fraction of sp³-hybridized carbons (Fsp3) is 0.345. The molecule has 0 saturated heterocycles. The van der Waals surface area contributed by atoms with E-state index in [-0.39, 0.29) is 0 Å². The average Bonchev–Trinajstić information content (AvgIpc) is 2.77. The summed E-state index contributed by atoms with van der Waals surface area (Å²) in [6, 6.07) is 13.9. The SMILES string of the molecule is Cc1cc2c3c(c(C)c(C)cc3c1)-c1c(c3cc(C4CCCCC4)ccc3c[n+]1C)O2. The molecule has 0 radical (unpaired) electrons. The number of fused-ring (bicyclic) bond motifs is 4. The van der Waals surface area contributed by atoms with Crippen LogP contribution in [0.4, 0.5) is 0 Å². The molecule has 0 N–H and O–H groups in total. The summed E-state index contributed by atoms with van der Waals surface area (Å²) in [4.78, 5) is 0. The molecule has 3 aromatic carbocycles. The van der Waals surface area contributed by atoms with Crippen molar-refractivity contribution >= 4 is 21.5 Å². The van der Waals surface area contributed by atoms with Gasteiger partial charge < -0.3 is 4.74 Å². The molecule has 1 aromatic heterocycles. The third-order valence-corrected chi connectivity index (χ3v) is 7.61. The van der Waals surface area contributed by atoms with Crippen LogP contribution in [0.5, 0.6) is 11.5 Å². The second-order valence-electron chi connectivity index (χ2n) is 9.76. The highest BCUT2D eigenvalue weighted by Crippen LogP contribution is 2.50. The maximum Gasteiger partial charge on any atom is 0.257 e. The number of ether oxygens (including phenoxy) is 1. The van der Waals surface area contributed by atoms with E-state index in [0.717, 1.165) is 11.5 Å². The average molecular weight is 409 g/mol. The lowest BCUT2D eigenvalue weighted by Crippen LogP contribution is -2.32. The summed E-state index contributed by atoms with van der Waals surface area (Å²) >= 11 is 0. The van der Waals surface area contributed by atoms with Crippen LogP contribution in [0.15, 0.2) is 42.6 Å². The van der Waals surface area contributed by atoms with Gasteiger partial charge in [0, 0.05) is 16.2 Å². The van der Waals surface area contributed by atoms with Crippen LogP contribution in [0.1, 0.15) is 60.3 Å². The first-order valence-electron chi connectivity index (χ1n) is 11.7. The van der Waals surface area contributed by atoms with Gasteiger partial charge in [0.15, 0.2) is 6.20 Å². The molecule has 2 nitrogen and oxygen atoms in total. The van der Waals surface area contributed by atoms with Gasteiger partial charge in [-0.1, -0.05) is 37.5 Å². The van der Waals surface area contributed by atoms with Crippen molar-refractivity contribution in [1.82, 2.24) is 0 Å². The van der Waals surface area contributed by atoms with Crippen LogP contribution in [0.25, 0.3) is 32.8 Å². The van der Waals surface area contributed by atoms with Crippen molar-refractivity contribution < 1.29 is 9.30 Å². The zero-order valence-electron chi connectivity index (χ0n) is 19.0. The Labute approximate surface area is 184 Å². The predicted octanol–water partition coefficient (Wildman–Crippen LogP) is 7.56. The van der Waals surface area contributed by atoms with E-state index in [4.69, 9.17) is 4.74 Å². The molecule has 0 spiro atoms. The van der Waals surface area contributed by atoms with Crippen LogP contribution in [-0.4, -0.2) is 0 Å². The fourth-order valence-electron chi connectivity index (χ4n) is 5.90. The minimum atomic E-state index is 0.688. The number of hydrogen-bond acceptors (Lipinski definition) is 1. The van der Waals surface area contributed by atoms with Gasteiger partial charge in [-0.15, -0.1) is 0 Å². The Morgan fingerprint density at radius 3 is 2.52 bits per heavy atom. The third kappa shape index (κ3) is 2.81. The quantitative estimate of drug-likeness (QED) is 0.261. The number of rotatable bonds is 1. The largest absolute Gasteiger partial charge is 0.449 e. The second-order valence-corrected chi connectivity index (χ2v) is 9.76. The third-order valence-electron chi connectivity index (χ3n) is 7.61. The van der Waals surface area contributed by atoms with Gasteiger partial charge in [0.25, 0.3) is 5.69 Å². The fourth-order valence-corrected chi connectivity index (χ4v) is 5.90. The van der Waals surface area contributed by atoms with Crippen molar-refractivity contribution in [2.45, 2.75) is 58.8 Å². The van der Waals surface area contributed by atoms with Crippen molar-refractivity contribution in [3.05, 3.63) is 64.8 Å². The Hall–Kier alpha value is -2.87. The first-order valence-corrected chi connectivity index (χ1v) is 11.7. The molecular weight excluding hydrogens is 378 g/mol. The molecule has 0 atom stereocenters. The number of aryl methyl sites for hydroxylation is 3. The topological polar surface area (TPSA) is 13.1 Å². The van der Waals surface area contributed by atoms with E-state index in [1.165, 1.54) is 87.2 Å². The van der Waals surface area contributed by atoms with E-state index >= 15 is 0 Å². The smallest absolute Gasteiger partial charge is 0.257 e. The van der Waals surface area contributed by atoms with Crippen molar-refractivity contribution in [3.8, 4) is 22.8 Å². The monoisotopic (exact) mass is 408 g/mol. The zero-order chi connectivity index (χ0) is 21.3. The van der Waals surface area contributed by atoms with Gasteiger partial charge >= 0.3 is 0 Å². The maximum absolute atomic E-state index is 6.74. The van der Waals surface area contributed by atoms with Crippen LogP contribution < -0.4 is 9.30 Å². The summed E-state index contributed by atoms with van der Waals surface area (Å²) in [5, 5.41) is 5.02. The van der Waals surface area contributed by atoms with Gasteiger partial charge in [0.1, 0.15) is 12.8 Å². The van der Waals surface area contributed by atoms with Crippen molar-refractivity contribution in [3.63, 3.8) is 0 Å². The van der Waals surface area contributed by atoms with Crippen LogP contribution in [0, 0.1) is 20.8 Å². The lowest BCUT2D eigenvalue weighted by atomic mass is 9.83. The number of pyridine rings is 1. The molecule has 1 fully saturated rings. The molecule has 1 saturated carbocycles. The summed E-state index contributed by atoms with van der Waals surface area (Å²) in [7, 11) is 2.16. The lowest BCUT2D eigenvalue weighted by Gasteiger charge is -2.25. The van der Waals surface area contributed by atoms with Crippen LogP contribution in [0.3, 0.4) is 0 Å². The molecule has 6 rings (SSSR count). The lowest BCUT2D eigenvalue weighted by molar-refractivity contribution is -0.659. The van der Waals surface area contributed by atoms with Crippen molar-refractivity contribution in [2.75, 3.05) is 0 Å². The van der Waals surface area contributed by atoms with Gasteiger partial charge in [-0.05, 0) is 85.4 Å². The highest BCUT2D eigenvalue weighted by Gasteiger charge is 2.32. The van der Waals surface area contributed by atoms with Gasteiger partial charge in [-0.25, -0.2) is 0 Å². The van der Waals surface area contributed by atoms with E-state index in [2.05, 4.69) is 75.0 Å². The Bertz CT molecular complexity index is 1380. The molecule has 1 aliphatic carbocycles. The van der Waals surface area contributed by atoms with Gasteiger partial charge in [-0.2, -0.15) is 4.57 Å².